The number of aromatic amines is 2. The van der Waals surface area contributed by atoms with Gasteiger partial charge in [-0.05, 0) is 71.9 Å². The van der Waals surface area contributed by atoms with Crippen molar-refractivity contribution in [2.45, 2.75) is 56.3 Å². The van der Waals surface area contributed by atoms with Gasteiger partial charge in [0.25, 0.3) is 0 Å². The van der Waals surface area contributed by atoms with Gasteiger partial charge in [0.2, 0.25) is 0 Å². The molecule has 3 saturated heterocycles. The fourth-order valence-electron chi connectivity index (χ4n) is 8.58. The van der Waals surface area contributed by atoms with Crippen molar-refractivity contribution in [3.63, 3.8) is 0 Å². The third-order valence-electron chi connectivity index (χ3n) is 11.0. The molecule has 10 nitrogen and oxygen atoms in total. The van der Waals surface area contributed by atoms with E-state index in [-0.39, 0.29) is 67.6 Å². The van der Waals surface area contributed by atoms with Crippen LogP contribution in [-0.4, -0.2) is 65.7 Å². The van der Waals surface area contributed by atoms with Crippen LogP contribution in [0.25, 0.3) is 85.5 Å². The molecule has 9 rings (SSSR count). The van der Waals surface area contributed by atoms with Crippen LogP contribution in [0.5, 0.6) is 0 Å². The van der Waals surface area contributed by atoms with Gasteiger partial charge < -0.3 is 43.5 Å². The maximum Gasteiger partial charge on any atom is 1.00 e. The Balaban J connectivity index is 0.000000851. The van der Waals surface area contributed by atoms with Gasteiger partial charge in [-0.2, -0.15) is 6.20 Å². The summed E-state index contributed by atoms with van der Waals surface area (Å²) in [4.78, 5) is 18.8. The molecule has 6 aliphatic heterocycles. The maximum atomic E-state index is 5.49. The number of fused-ring (bicyclic) bond motifs is 8. The molecule has 8 bridgehead atoms. The number of nitrogens with two attached hydrogens (primary N) is 2. The van der Waals surface area contributed by atoms with Crippen molar-refractivity contribution in [2.75, 3.05) is 45.8 Å². The predicted octanol–water partition coefficient (Wildman–Crippen LogP) is 14.5. The number of nitrogens with zero attached hydrogens (tertiary/aromatic N) is 6. The van der Waals surface area contributed by atoms with E-state index in [1.807, 2.05) is 6.20 Å². The molecule has 3 aromatic rings. The summed E-state index contributed by atoms with van der Waals surface area (Å²) >= 11 is 12.2. The Morgan fingerprint density at radius 3 is 1.22 bits per heavy atom. The zero-order chi connectivity index (χ0) is 37.3. The molecule has 0 aromatic carbocycles. The minimum atomic E-state index is -0.458. The van der Waals surface area contributed by atoms with E-state index >= 15 is 0 Å². The van der Waals surface area contributed by atoms with Crippen molar-refractivity contribution in [3.8, 4) is 0 Å². The summed E-state index contributed by atoms with van der Waals surface area (Å²) in [6.45, 7) is 6.07. The quantitative estimate of drug-likeness (QED) is 0.170. The van der Waals surface area contributed by atoms with Gasteiger partial charge in [-0.25, -0.2) is 9.97 Å². The summed E-state index contributed by atoms with van der Waals surface area (Å²) in [6, 6.07) is 9.04. The van der Waals surface area contributed by atoms with Crippen LogP contribution in [0.2, 0.25) is 0 Å². The van der Waals surface area contributed by atoms with Crippen molar-refractivity contribution < 1.29 is 94.8 Å². The average molecular weight is 1790 g/mol. The van der Waals surface area contributed by atoms with Crippen LogP contribution in [0.4, 0.5) is 0 Å². The first-order valence-electron chi connectivity index (χ1n) is 19.0. The molecule has 2 radical (unpaired) electrons. The predicted molar refractivity (Wildman–Crippen MR) is 246 cm³/mol. The Kier molecular flexibility index (Phi) is 25.6. The molecule has 9 heterocycles. The number of H-pyrrole nitrogens is 2. The van der Waals surface area contributed by atoms with Crippen molar-refractivity contribution >= 4 is 99.6 Å². The van der Waals surface area contributed by atoms with Crippen LogP contribution in [-0.2, 0) is 94.8 Å². The largest absolute Gasteiger partial charge is 1.00 e. The third kappa shape index (κ3) is 13.2. The van der Waals surface area contributed by atoms with Crippen molar-refractivity contribution in [3.05, 3.63) is 121 Å². The molecule has 0 amide bonds. The molecular formula is C40H46Br4Hg4N10-4. The molecule has 58 heavy (non-hydrogen) atoms. The van der Waals surface area contributed by atoms with Gasteiger partial charge in [0.15, 0.2) is 0 Å². The standard InChI is InChI=1S/C40H42N8.4BrH.4Hg.2H2N/c1-2-30-38(26-11-19-42-20-12-26)32-5-6-34(47-32)40(28-15-23-44-24-16-28)36-8-7-35(48-36)39(27-13-21-43-22-14-27)33-4-3-31(46-33)37(29(1)45-30)25-9-17-41-18-10-25;;;;;;;;;;/h1-10,17,26-28,45-46H,11-16,18-24H2;4*1H;;;;;2*1H2/q-4;;;;;2*+1;2*+2;2*-1/p-4. The number of aromatic nitrogens is 4. The van der Waals surface area contributed by atoms with Crippen molar-refractivity contribution in [2.24, 2.45) is 0 Å². The minimum Gasteiger partial charge on any atom is -0.693 e. The van der Waals surface area contributed by atoms with E-state index in [2.05, 4.69) is 124 Å². The summed E-state index contributed by atoms with van der Waals surface area (Å²) < 4.78 is 0. The zero-order valence-electron chi connectivity index (χ0n) is 33.0. The summed E-state index contributed by atoms with van der Waals surface area (Å²) in [6.07, 6.45) is 21.5. The number of piperidine rings is 3. The van der Waals surface area contributed by atoms with Crippen molar-refractivity contribution in [1.82, 2.24) is 19.9 Å². The van der Waals surface area contributed by atoms with E-state index in [1.54, 1.807) is 0 Å². The van der Waals surface area contributed by atoms with Gasteiger partial charge in [-0.1, -0.05) is 50.7 Å². The van der Waals surface area contributed by atoms with Gasteiger partial charge in [0.1, 0.15) is 0 Å². The van der Waals surface area contributed by atoms with E-state index in [0.29, 0.717) is 24.3 Å². The number of nitrogens with one attached hydrogen (secondary N) is 2. The molecule has 0 spiro atoms. The summed E-state index contributed by atoms with van der Waals surface area (Å²) in [5, 5.41) is 18.6. The molecule has 0 saturated carbocycles. The van der Waals surface area contributed by atoms with Crippen LogP contribution < -0.4 is 0 Å². The first-order chi connectivity index (χ1) is 26.6. The number of halogens is 4. The van der Waals surface area contributed by atoms with E-state index in [1.165, 1.54) is 22.3 Å². The molecule has 6 aliphatic rings. The molecular weight excluding hydrogens is 1740 g/mol. The van der Waals surface area contributed by atoms with E-state index in [9.17, 15) is 0 Å². The van der Waals surface area contributed by atoms with Gasteiger partial charge in [-0.3, -0.25) is 0 Å². The summed E-state index contributed by atoms with van der Waals surface area (Å²) in [5.41, 5.74) is 15.0. The smallest absolute Gasteiger partial charge is 0.693 e. The molecule has 0 aliphatic carbocycles. The molecule has 0 unspecified atom stereocenters. The van der Waals surface area contributed by atoms with Crippen molar-refractivity contribution in [1.29, 1.82) is 0 Å². The third-order valence-corrected chi connectivity index (χ3v) is 11.0. The summed E-state index contributed by atoms with van der Waals surface area (Å²) in [5.74, 6) is 1.17. The maximum absolute atomic E-state index is 5.49. The fraction of sp³-hybridized carbons (Fsp3) is 0.400. The fourth-order valence-corrected chi connectivity index (χ4v) is 8.58. The molecule has 0 atom stereocenters. The van der Waals surface area contributed by atoms with Crippen LogP contribution in [0.1, 0.15) is 101 Å². The second kappa shape index (κ2) is 27.6. The second-order valence-corrected chi connectivity index (χ2v) is 61.7. The molecule has 3 fully saturated rings. The topological polar surface area (TPSA) is 181 Å². The van der Waals surface area contributed by atoms with Crippen LogP contribution in [0.3, 0.4) is 0 Å². The first-order valence-corrected chi connectivity index (χ1v) is 66.6. The Labute approximate surface area is 431 Å². The monoisotopic (exact) mass is 1790 g/mol. The normalized spacial score (nSPS) is 17.4. The second-order valence-electron chi connectivity index (χ2n) is 14.0. The van der Waals surface area contributed by atoms with Gasteiger partial charge in [0, 0.05) is 44.3 Å². The Bertz CT molecular complexity index is 1950. The van der Waals surface area contributed by atoms with Crippen LogP contribution in [0, 0.1) is 0 Å². The Hall–Kier alpha value is 1.34. The molecule has 296 valence electrons. The minimum absolute atomic E-state index is 0. The van der Waals surface area contributed by atoms with E-state index in [4.69, 9.17) is 25.9 Å². The number of allylic oxidation sites excluding steroid dienone is 2. The van der Waals surface area contributed by atoms with Gasteiger partial charge >= 0.3 is 142 Å². The number of hydrogen-bond acceptors (Lipinski definition) is 2. The molecule has 3 aromatic heterocycles. The molecule has 18 heteroatoms. The number of rotatable bonds is 4. The molecule has 6 N–H and O–H groups in total. The van der Waals surface area contributed by atoms with E-state index in [0.717, 1.165) is 128 Å². The van der Waals surface area contributed by atoms with Gasteiger partial charge in [0.05, 0.1) is 22.8 Å². The number of hydrogen-bond donors (Lipinski definition) is 2. The van der Waals surface area contributed by atoms with E-state index < -0.39 is 39.4 Å². The zero-order valence-corrected chi connectivity index (χ0v) is 61.3. The Morgan fingerprint density at radius 1 is 0.517 bits per heavy atom. The SMILES string of the molecule is C1=CC(c2c3ccc([nH]3)c(C3CC[N-]CC3)c3nc(c(C4CC[N-]CC4)c4nc(c(C5CC[N-]CC5)c5ccc2[nH]5)C=C4)C=C3)=CC[N-]1.[Br][Hg][Br].[Br][Hg][Br].[Hg+].[Hg+].[NH2-].[NH2-]. The first kappa shape index (κ1) is 53.7. The average Bonchev–Trinajstić information content (AvgIpc) is 4.05. The Morgan fingerprint density at radius 2 is 0.862 bits per heavy atom. The summed E-state index contributed by atoms with van der Waals surface area (Å²) in [7, 11) is 0. The van der Waals surface area contributed by atoms with Crippen LogP contribution >= 0.6 is 47.6 Å². The van der Waals surface area contributed by atoms with Gasteiger partial charge in [-0.15, -0.1) is 45.8 Å². The van der Waals surface area contributed by atoms with Crippen LogP contribution in [0.15, 0.2) is 42.6 Å².